The van der Waals surface area contributed by atoms with E-state index in [9.17, 15) is 18.3 Å². The molecule has 170 valence electrons. The molecule has 2 aromatic carbocycles. The number of carbonyl (C=O) groups is 1. The lowest BCUT2D eigenvalue weighted by Crippen LogP contribution is -2.41. The van der Waals surface area contributed by atoms with Crippen molar-refractivity contribution in [1.29, 1.82) is 0 Å². The molecule has 9 nitrogen and oxygen atoms in total. The van der Waals surface area contributed by atoms with E-state index >= 15 is 0 Å². The maximum absolute atomic E-state index is 13.2. The average Bonchev–Trinajstić information content (AvgIpc) is 3.20. The van der Waals surface area contributed by atoms with Gasteiger partial charge in [0.05, 0.1) is 23.2 Å². The van der Waals surface area contributed by atoms with Crippen molar-refractivity contribution in [1.82, 2.24) is 19.7 Å². The highest BCUT2D eigenvalue weighted by Gasteiger charge is 2.26. The zero-order valence-corrected chi connectivity index (χ0v) is 18.9. The van der Waals surface area contributed by atoms with Gasteiger partial charge in [-0.2, -0.15) is 0 Å². The number of carbonyl (C=O) groups excluding carboxylic acids is 1. The Morgan fingerprint density at radius 1 is 1.16 bits per heavy atom. The van der Waals surface area contributed by atoms with Crippen molar-refractivity contribution in [3.63, 3.8) is 0 Å². The van der Waals surface area contributed by atoms with Crippen molar-refractivity contribution in [2.45, 2.75) is 37.6 Å². The predicted octanol–water partition coefficient (Wildman–Crippen LogP) is 1.74. The third-order valence-electron chi connectivity index (χ3n) is 5.00. The molecule has 0 saturated heterocycles. The van der Waals surface area contributed by atoms with Gasteiger partial charge in [-0.3, -0.25) is 4.79 Å². The number of hydrogen-bond acceptors (Lipinski definition) is 6. The number of primary sulfonamides is 1. The quantitative estimate of drug-likeness (QED) is 0.503. The number of rotatable bonds is 9. The van der Waals surface area contributed by atoms with Gasteiger partial charge < -0.3 is 10.0 Å². The molecule has 0 aliphatic heterocycles. The van der Waals surface area contributed by atoms with E-state index in [1.54, 1.807) is 24.0 Å². The highest BCUT2D eigenvalue weighted by atomic mass is 32.2. The monoisotopic (exact) mass is 457 g/mol. The van der Waals surface area contributed by atoms with E-state index in [1.807, 2.05) is 37.3 Å². The number of nitrogens with zero attached hydrogens (tertiary/aromatic N) is 4. The van der Waals surface area contributed by atoms with Crippen molar-refractivity contribution in [3.05, 3.63) is 71.8 Å². The molecule has 1 heterocycles. The number of nitrogens with two attached hydrogens (primary N) is 1. The van der Waals surface area contributed by atoms with Crippen molar-refractivity contribution in [3.8, 4) is 5.69 Å². The topological polar surface area (TPSA) is 131 Å². The van der Waals surface area contributed by atoms with Crippen LogP contribution >= 0.6 is 0 Å². The molecule has 0 unspecified atom stereocenters. The van der Waals surface area contributed by atoms with Gasteiger partial charge in [0.25, 0.3) is 5.91 Å². The fraction of sp³-hybridized carbons (Fsp3) is 0.318. The smallest absolute Gasteiger partial charge is 0.293 e. The van der Waals surface area contributed by atoms with Crippen LogP contribution in [-0.4, -0.2) is 58.3 Å². The Bertz CT molecular complexity index is 1160. The Morgan fingerprint density at radius 2 is 1.81 bits per heavy atom. The molecular weight excluding hydrogens is 430 g/mol. The second kappa shape index (κ2) is 10.0. The molecular formula is C22H27N5O4S. The van der Waals surface area contributed by atoms with E-state index in [0.29, 0.717) is 24.5 Å². The normalized spacial score (nSPS) is 12.5. The lowest BCUT2D eigenvalue weighted by molar-refractivity contribution is 0.0606. The first-order valence-electron chi connectivity index (χ1n) is 10.3. The third kappa shape index (κ3) is 5.39. The molecule has 3 N–H and O–H groups in total. The van der Waals surface area contributed by atoms with Crippen LogP contribution in [0.15, 0.2) is 59.5 Å². The number of sulfonamides is 1. The Morgan fingerprint density at radius 3 is 2.38 bits per heavy atom. The predicted molar refractivity (Wildman–Crippen MR) is 120 cm³/mol. The second-order valence-corrected chi connectivity index (χ2v) is 9.06. The number of aliphatic hydroxyl groups is 1. The summed E-state index contributed by atoms with van der Waals surface area (Å²) in [4.78, 5) is 19.2. The van der Waals surface area contributed by atoms with Gasteiger partial charge in [-0.1, -0.05) is 37.3 Å². The molecule has 0 radical (unpaired) electrons. The fourth-order valence-corrected chi connectivity index (χ4v) is 3.82. The van der Waals surface area contributed by atoms with Crippen molar-refractivity contribution in [2.24, 2.45) is 5.14 Å². The third-order valence-corrected chi connectivity index (χ3v) is 5.93. The molecule has 1 aromatic heterocycles. The van der Waals surface area contributed by atoms with Crippen LogP contribution in [0.1, 0.15) is 42.3 Å². The number of aliphatic hydroxyl groups excluding tert-OH is 1. The first-order chi connectivity index (χ1) is 15.2. The van der Waals surface area contributed by atoms with Crippen molar-refractivity contribution < 1.29 is 18.3 Å². The van der Waals surface area contributed by atoms with Crippen LogP contribution in [0.25, 0.3) is 5.69 Å². The van der Waals surface area contributed by atoms with E-state index in [1.165, 1.54) is 16.8 Å². The lowest BCUT2D eigenvalue weighted by Gasteiger charge is -2.26. The van der Waals surface area contributed by atoms with Gasteiger partial charge in [0, 0.05) is 13.0 Å². The first kappa shape index (κ1) is 23.6. The Labute approximate surface area is 187 Å². The average molecular weight is 458 g/mol. The van der Waals surface area contributed by atoms with E-state index in [-0.39, 0.29) is 29.3 Å². The van der Waals surface area contributed by atoms with Crippen LogP contribution in [0.5, 0.6) is 0 Å². The maximum Gasteiger partial charge on any atom is 0.293 e. The van der Waals surface area contributed by atoms with Gasteiger partial charge in [-0.15, -0.1) is 5.10 Å². The van der Waals surface area contributed by atoms with Gasteiger partial charge in [-0.25, -0.2) is 23.2 Å². The number of benzene rings is 2. The highest BCUT2D eigenvalue weighted by molar-refractivity contribution is 7.89. The Hall–Kier alpha value is -3.08. The van der Waals surface area contributed by atoms with E-state index in [0.717, 1.165) is 12.0 Å². The minimum Gasteiger partial charge on any atom is -0.394 e. The molecule has 1 atom stereocenters. The molecule has 10 heteroatoms. The molecule has 0 spiro atoms. The molecule has 1 amide bonds. The summed E-state index contributed by atoms with van der Waals surface area (Å²) in [5.41, 5.74) is 1.53. The zero-order valence-electron chi connectivity index (χ0n) is 18.0. The standard InChI is InChI=1S/C22H27N5O4S/c1-3-13-26(16(2)15-28)22(29)21-24-20(14-17-7-5-4-6-8-17)27(25-21)18-9-11-19(12-10-18)32(23,30)31/h4-12,16,28H,3,13-15H2,1-2H3,(H2,23,30,31)/t16-/m0/s1. The largest absolute Gasteiger partial charge is 0.394 e. The lowest BCUT2D eigenvalue weighted by atomic mass is 10.1. The molecule has 32 heavy (non-hydrogen) atoms. The molecule has 0 bridgehead atoms. The van der Waals surface area contributed by atoms with Gasteiger partial charge in [0.2, 0.25) is 15.8 Å². The first-order valence-corrected chi connectivity index (χ1v) is 11.8. The molecule has 0 aliphatic carbocycles. The summed E-state index contributed by atoms with van der Waals surface area (Å²) >= 11 is 0. The van der Waals surface area contributed by atoms with Crippen LogP contribution in [0.3, 0.4) is 0 Å². The SMILES string of the molecule is CCCN(C(=O)c1nc(Cc2ccccc2)n(-c2ccc(S(N)(=O)=O)cc2)n1)[C@@H](C)CO. The van der Waals surface area contributed by atoms with Crippen molar-refractivity contribution in [2.75, 3.05) is 13.2 Å². The highest BCUT2D eigenvalue weighted by Crippen LogP contribution is 2.18. The second-order valence-electron chi connectivity index (χ2n) is 7.49. The Balaban J connectivity index is 2.04. The molecule has 3 rings (SSSR count). The number of hydrogen-bond donors (Lipinski definition) is 2. The summed E-state index contributed by atoms with van der Waals surface area (Å²) in [6.45, 7) is 4.01. The van der Waals surface area contributed by atoms with Gasteiger partial charge in [0.15, 0.2) is 0 Å². The van der Waals surface area contributed by atoms with Crippen LogP contribution < -0.4 is 5.14 Å². The van der Waals surface area contributed by atoms with Crippen LogP contribution in [0.4, 0.5) is 0 Å². The van der Waals surface area contributed by atoms with Crippen LogP contribution in [0.2, 0.25) is 0 Å². The molecule has 0 saturated carbocycles. The van der Waals surface area contributed by atoms with Gasteiger partial charge in [0.1, 0.15) is 5.82 Å². The summed E-state index contributed by atoms with van der Waals surface area (Å²) in [6.07, 6.45) is 1.14. The summed E-state index contributed by atoms with van der Waals surface area (Å²) in [5.74, 6) is 0.166. The van der Waals surface area contributed by atoms with Gasteiger partial charge >= 0.3 is 0 Å². The summed E-state index contributed by atoms with van der Waals surface area (Å²) in [6, 6.07) is 15.2. The van der Waals surface area contributed by atoms with E-state index < -0.39 is 10.0 Å². The zero-order chi connectivity index (χ0) is 23.3. The minimum absolute atomic E-state index is 0.0141. The minimum atomic E-state index is -3.83. The van der Waals surface area contributed by atoms with Crippen LogP contribution in [0, 0.1) is 0 Å². The fourth-order valence-electron chi connectivity index (χ4n) is 3.30. The summed E-state index contributed by atoms with van der Waals surface area (Å²) < 4.78 is 24.7. The van der Waals surface area contributed by atoms with E-state index in [2.05, 4.69) is 10.1 Å². The van der Waals surface area contributed by atoms with Gasteiger partial charge in [-0.05, 0) is 43.2 Å². The maximum atomic E-state index is 13.2. The van der Waals surface area contributed by atoms with E-state index in [4.69, 9.17) is 5.14 Å². The summed E-state index contributed by atoms with van der Waals surface area (Å²) in [5, 5.41) is 19.2. The molecule has 0 aliphatic rings. The van der Waals surface area contributed by atoms with Crippen molar-refractivity contribution >= 4 is 15.9 Å². The van der Waals surface area contributed by atoms with Crippen LogP contribution in [-0.2, 0) is 16.4 Å². The molecule has 0 fully saturated rings. The Kier molecular flexibility index (Phi) is 7.39. The molecule has 3 aromatic rings. The summed E-state index contributed by atoms with van der Waals surface area (Å²) in [7, 11) is -3.83. The number of amides is 1. The number of aromatic nitrogens is 3.